The molecule has 1 aromatic heterocycles. The second-order valence-corrected chi connectivity index (χ2v) is 5.87. The number of methoxy groups -OCH3 is 1. The second kappa shape index (κ2) is 5.23. The summed E-state index contributed by atoms with van der Waals surface area (Å²) in [7, 11) is 1.69. The Morgan fingerprint density at radius 1 is 1.32 bits per heavy atom. The maximum Gasteiger partial charge on any atom is 0.170 e. The third kappa shape index (κ3) is 1.88. The maximum absolute atomic E-state index is 5.70. The topological polar surface area (TPSA) is 50.4 Å². The van der Waals surface area contributed by atoms with Crippen LogP contribution in [-0.4, -0.2) is 37.0 Å². The van der Waals surface area contributed by atoms with Crippen molar-refractivity contribution in [3.63, 3.8) is 0 Å². The van der Waals surface area contributed by atoms with Gasteiger partial charge in [-0.2, -0.15) is 5.10 Å². The summed E-state index contributed by atoms with van der Waals surface area (Å²) in [5.74, 6) is 2.17. The third-order valence-electron chi connectivity index (χ3n) is 4.73. The van der Waals surface area contributed by atoms with Crippen LogP contribution < -0.4 is 14.4 Å². The molecule has 5 heteroatoms. The summed E-state index contributed by atoms with van der Waals surface area (Å²) in [5, 5.41) is 7.89. The van der Waals surface area contributed by atoms with Crippen molar-refractivity contribution in [2.75, 3.05) is 31.7 Å². The van der Waals surface area contributed by atoms with Crippen molar-refractivity contribution in [2.45, 2.75) is 25.7 Å². The molecule has 3 aliphatic rings. The number of anilines is 1. The fourth-order valence-corrected chi connectivity index (χ4v) is 3.72. The molecule has 2 bridgehead atoms. The number of aromatic amines is 1. The average molecular weight is 299 g/mol. The van der Waals surface area contributed by atoms with Crippen LogP contribution in [0.2, 0.25) is 0 Å². The van der Waals surface area contributed by atoms with Crippen molar-refractivity contribution in [2.24, 2.45) is 0 Å². The van der Waals surface area contributed by atoms with Gasteiger partial charge in [0, 0.05) is 19.0 Å². The van der Waals surface area contributed by atoms with Gasteiger partial charge in [-0.25, -0.2) is 0 Å². The Bertz CT molecular complexity index is 687. The van der Waals surface area contributed by atoms with Gasteiger partial charge in [-0.15, -0.1) is 0 Å². The van der Waals surface area contributed by atoms with Crippen LogP contribution in [0.15, 0.2) is 18.2 Å². The van der Waals surface area contributed by atoms with Crippen molar-refractivity contribution in [3.8, 4) is 22.8 Å². The van der Waals surface area contributed by atoms with Gasteiger partial charge in [0.05, 0.1) is 30.7 Å². The number of piperidine rings is 1. The van der Waals surface area contributed by atoms with Crippen molar-refractivity contribution >= 4 is 5.69 Å². The molecule has 0 aliphatic carbocycles. The normalized spacial score (nSPS) is 16.7. The molecule has 116 valence electrons. The van der Waals surface area contributed by atoms with E-state index in [2.05, 4.69) is 21.2 Å². The molecule has 0 amide bonds. The number of para-hydroxylation sites is 1. The molecule has 3 aliphatic heterocycles. The van der Waals surface area contributed by atoms with Crippen LogP contribution in [-0.2, 0) is 0 Å². The molecule has 0 radical (unpaired) electrons. The van der Waals surface area contributed by atoms with Crippen LogP contribution in [0, 0.1) is 0 Å². The van der Waals surface area contributed by atoms with Crippen LogP contribution in [0.5, 0.6) is 11.5 Å². The fraction of sp³-hybridized carbons (Fsp3) is 0.471. The molecular weight excluding hydrogens is 278 g/mol. The molecule has 1 aromatic carbocycles. The first kappa shape index (κ1) is 13.5. The van der Waals surface area contributed by atoms with Crippen LogP contribution in [0.1, 0.15) is 31.4 Å². The molecule has 5 rings (SSSR count). The minimum atomic E-state index is 0.618. The van der Waals surface area contributed by atoms with E-state index in [1.165, 1.54) is 24.2 Å². The number of benzene rings is 1. The largest absolute Gasteiger partial charge is 0.492 e. The highest BCUT2D eigenvalue weighted by Crippen LogP contribution is 2.48. The summed E-state index contributed by atoms with van der Waals surface area (Å²) in [6, 6.07) is 6.00. The molecule has 0 saturated carbocycles. The molecule has 0 atom stereocenters. The van der Waals surface area contributed by atoms with Gasteiger partial charge < -0.3 is 14.4 Å². The molecular formula is C17H21N3O2. The van der Waals surface area contributed by atoms with E-state index in [4.69, 9.17) is 9.47 Å². The van der Waals surface area contributed by atoms with Gasteiger partial charge in [0.2, 0.25) is 0 Å². The SMILES string of the molecule is CCOc1cccc(-c2n[nH]c3c2N2CCC3CC2)c1OC. The lowest BCUT2D eigenvalue weighted by molar-refractivity contribution is 0.311. The minimum Gasteiger partial charge on any atom is -0.492 e. The zero-order valence-corrected chi connectivity index (χ0v) is 13.1. The van der Waals surface area contributed by atoms with Crippen LogP contribution >= 0.6 is 0 Å². The molecule has 1 N–H and O–H groups in total. The van der Waals surface area contributed by atoms with Crippen LogP contribution in [0.25, 0.3) is 11.3 Å². The quantitative estimate of drug-likeness (QED) is 0.942. The first-order valence-corrected chi connectivity index (χ1v) is 7.96. The summed E-state index contributed by atoms with van der Waals surface area (Å²) in [5.41, 5.74) is 4.53. The fourth-order valence-electron chi connectivity index (χ4n) is 3.72. The number of rotatable bonds is 4. The van der Waals surface area contributed by atoms with E-state index in [1.54, 1.807) is 7.11 Å². The lowest BCUT2D eigenvalue weighted by atomic mass is 9.86. The van der Waals surface area contributed by atoms with Gasteiger partial charge in [0.1, 0.15) is 5.69 Å². The Labute approximate surface area is 130 Å². The van der Waals surface area contributed by atoms with Gasteiger partial charge in [-0.1, -0.05) is 6.07 Å². The first-order chi connectivity index (χ1) is 10.8. The monoisotopic (exact) mass is 299 g/mol. The molecule has 5 nitrogen and oxygen atoms in total. The van der Waals surface area contributed by atoms with Gasteiger partial charge in [-0.05, 0) is 31.9 Å². The molecule has 1 fully saturated rings. The number of aromatic nitrogens is 2. The molecule has 2 aromatic rings. The smallest absolute Gasteiger partial charge is 0.170 e. The van der Waals surface area contributed by atoms with E-state index in [-0.39, 0.29) is 0 Å². The van der Waals surface area contributed by atoms with Crippen molar-refractivity contribution in [3.05, 3.63) is 23.9 Å². The van der Waals surface area contributed by atoms with Crippen LogP contribution in [0.4, 0.5) is 5.69 Å². The number of nitrogens with zero attached hydrogens (tertiary/aromatic N) is 2. The molecule has 0 spiro atoms. The summed E-state index contributed by atoms with van der Waals surface area (Å²) < 4.78 is 11.3. The number of fused-ring (bicyclic) bond motifs is 2. The molecule has 4 heterocycles. The van der Waals surface area contributed by atoms with Gasteiger partial charge in [0.15, 0.2) is 11.5 Å². The number of H-pyrrole nitrogens is 1. The van der Waals surface area contributed by atoms with Gasteiger partial charge in [0.25, 0.3) is 0 Å². The Hall–Kier alpha value is -2.17. The summed E-state index contributed by atoms with van der Waals surface area (Å²) in [6.07, 6.45) is 2.45. The average Bonchev–Trinajstić information content (AvgIpc) is 3.03. The van der Waals surface area contributed by atoms with E-state index < -0.39 is 0 Å². The van der Waals surface area contributed by atoms with Crippen molar-refractivity contribution < 1.29 is 9.47 Å². The van der Waals surface area contributed by atoms with E-state index in [0.29, 0.717) is 12.5 Å². The number of nitrogens with one attached hydrogen (secondary N) is 1. The summed E-state index contributed by atoms with van der Waals surface area (Å²) in [4.78, 5) is 2.45. The molecule has 22 heavy (non-hydrogen) atoms. The highest BCUT2D eigenvalue weighted by Gasteiger charge is 2.36. The summed E-state index contributed by atoms with van der Waals surface area (Å²) in [6.45, 7) is 4.84. The standard InChI is InChI=1S/C17H21N3O2/c1-3-22-13-6-4-5-12(17(13)21-2)15-16-14(18-19-15)11-7-9-20(16)10-8-11/h4-6,11H,3,7-10H2,1-2H3,(H,18,19). The maximum atomic E-state index is 5.70. The lowest BCUT2D eigenvalue weighted by Gasteiger charge is -2.40. The first-order valence-electron chi connectivity index (χ1n) is 7.96. The Morgan fingerprint density at radius 2 is 2.14 bits per heavy atom. The number of hydrogen-bond acceptors (Lipinski definition) is 4. The molecule has 0 unspecified atom stereocenters. The predicted octanol–water partition coefficient (Wildman–Crippen LogP) is 3.18. The predicted molar refractivity (Wildman–Crippen MR) is 85.9 cm³/mol. The van der Waals surface area contributed by atoms with E-state index >= 15 is 0 Å². The van der Waals surface area contributed by atoms with E-state index in [1.807, 2.05) is 19.1 Å². The van der Waals surface area contributed by atoms with E-state index in [9.17, 15) is 0 Å². The van der Waals surface area contributed by atoms with Crippen molar-refractivity contribution in [1.29, 1.82) is 0 Å². The van der Waals surface area contributed by atoms with Crippen molar-refractivity contribution in [1.82, 2.24) is 10.2 Å². The number of ether oxygens (including phenoxy) is 2. The summed E-state index contributed by atoms with van der Waals surface area (Å²) >= 11 is 0. The highest BCUT2D eigenvalue weighted by molar-refractivity contribution is 5.83. The van der Waals surface area contributed by atoms with Gasteiger partial charge in [-0.3, -0.25) is 5.10 Å². The Morgan fingerprint density at radius 3 is 2.86 bits per heavy atom. The third-order valence-corrected chi connectivity index (χ3v) is 4.73. The Kier molecular flexibility index (Phi) is 3.21. The minimum absolute atomic E-state index is 0.618. The Balaban J connectivity index is 1.86. The lowest BCUT2D eigenvalue weighted by Crippen LogP contribution is -2.38. The number of hydrogen-bond donors (Lipinski definition) is 1. The highest BCUT2D eigenvalue weighted by atomic mass is 16.5. The zero-order valence-electron chi connectivity index (χ0n) is 13.1. The second-order valence-electron chi connectivity index (χ2n) is 5.87. The van der Waals surface area contributed by atoms with Crippen LogP contribution in [0.3, 0.4) is 0 Å². The van der Waals surface area contributed by atoms with E-state index in [0.717, 1.165) is 35.8 Å². The molecule has 1 saturated heterocycles. The van der Waals surface area contributed by atoms with Gasteiger partial charge >= 0.3 is 0 Å². The zero-order chi connectivity index (χ0) is 15.1.